The van der Waals surface area contributed by atoms with Gasteiger partial charge in [-0.2, -0.15) is 9.46 Å². The predicted molar refractivity (Wildman–Crippen MR) is 408 cm³/mol. The topological polar surface area (TPSA) is 434 Å². The normalized spacial score (nSPS) is 23.6. The summed E-state index contributed by atoms with van der Waals surface area (Å²) in [4.78, 5) is 14.8. The van der Waals surface area contributed by atoms with Crippen molar-refractivity contribution in [2.24, 2.45) is 37.8 Å². The summed E-state index contributed by atoms with van der Waals surface area (Å²) >= 11 is 0. The van der Waals surface area contributed by atoms with Gasteiger partial charge in [0.15, 0.2) is 23.6 Å². The summed E-state index contributed by atoms with van der Waals surface area (Å²) in [6, 6.07) is 14.1. The van der Waals surface area contributed by atoms with Gasteiger partial charge >= 0.3 is 23.9 Å². The van der Waals surface area contributed by atoms with Crippen LogP contribution in [0.15, 0.2) is 61.7 Å². The average molecular weight is 1520 g/mol. The van der Waals surface area contributed by atoms with E-state index in [4.69, 9.17) is 50.1 Å². The lowest BCUT2D eigenvalue weighted by molar-refractivity contribution is -0.740. The maximum Gasteiger partial charge on any atom is 0.404 e. The molecule has 108 heavy (non-hydrogen) atoms. The molecule has 2 saturated heterocycles. The molecule has 12 rings (SSSR count). The molecule has 6 aromatic heterocycles. The summed E-state index contributed by atoms with van der Waals surface area (Å²) in [6.07, 6.45) is -0.837. The van der Waals surface area contributed by atoms with Crippen molar-refractivity contribution in [3.8, 4) is 0 Å². The molecule has 4 fully saturated rings. The van der Waals surface area contributed by atoms with E-state index < -0.39 is 49.1 Å². The summed E-state index contributed by atoms with van der Waals surface area (Å²) < 4.78 is 21.7. The molecule has 10 N–H and O–H groups in total. The monoisotopic (exact) mass is 1520 g/mol. The molecule has 0 bridgehead atoms. The van der Waals surface area contributed by atoms with Crippen molar-refractivity contribution < 1.29 is 88.9 Å². The van der Waals surface area contributed by atoms with Gasteiger partial charge in [-0.1, -0.05) is 95.2 Å². The van der Waals surface area contributed by atoms with Crippen LogP contribution >= 0.6 is 0 Å². The number of aromatic nitrogens is 12. The molecule has 12 atom stereocenters. The number of hydrogen-bond donors (Lipinski definition) is 10. The van der Waals surface area contributed by atoms with Crippen molar-refractivity contribution in [3.05, 3.63) is 127 Å². The van der Waals surface area contributed by atoms with Crippen LogP contribution in [0.1, 0.15) is 195 Å². The Hall–Kier alpha value is -7.28. The van der Waals surface area contributed by atoms with Crippen LogP contribution in [-0.2, 0) is 47.2 Å². The number of aliphatic hydroxyl groups is 10. The Morgan fingerprint density at radius 1 is 0.472 bits per heavy atom. The van der Waals surface area contributed by atoms with Gasteiger partial charge in [-0.3, -0.25) is 9.80 Å². The minimum Gasteiger partial charge on any atom is -0.710 e. The maximum absolute atomic E-state index is 12.8. The third-order valence-corrected chi connectivity index (χ3v) is 22.4. The molecule has 8 heterocycles. The van der Waals surface area contributed by atoms with Crippen LogP contribution in [0, 0.1) is 54.9 Å². The molecule has 2 saturated carbocycles. The van der Waals surface area contributed by atoms with E-state index in [2.05, 4.69) is 166 Å². The quantitative estimate of drug-likeness (QED) is 0.0435. The van der Waals surface area contributed by atoms with Crippen LogP contribution in [0.4, 0.5) is 0 Å². The van der Waals surface area contributed by atoms with Gasteiger partial charge in [0.25, 0.3) is 36.1 Å². The summed E-state index contributed by atoms with van der Waals surface area (Å²) in [5.74, 6) is 4.57. The minimum absolute atomic E-state index is 0.0652. The third kappa shape index (κ3) is 18.3. The second-order valence-corrected chi connectivity index (χ2v) is 30.9. The van der Waals surface area contributed by atoms with Gasteiger partial charge in [0.1, 0.15) is 36.1 Å². The lowest BCUT2D eigenvalue weighted by atomic mass is 9.68. The second kappa shape index (κ2) is 38.6. The fourth-order valence-corrected chi connectivity index (χ4v) is 15.8. The highest BCUT2D eigenvalue weighted by atomic mass is 16.6. The number of ether oxygens (including phenoxy) is 2. The molecule has 2 aliphatic carbocycles. The van der Waals surface area contributed by atoms with Crippen LogP contribution in [0.3, 0.4) is 0 Å². The third-order valence-electron chi connectivity index (χ3n) is 22.4. The van der Waals surface area contributed by atoms with Crippen molar-refractivity contribution >= 4 is 44.4 Å². The van der Waals surface area contributed by atoms with Gasteiger partial charge in [-0.05, 0) is 123 Å². The van der Waals surface area contributed by atoms with E-state index in [9.17, 15) is 51.7 Å². The summed E-state index contributed by atoms with van der Waals surface area (Å²) in [5, 5.41) is 162. The van der Waals surface area contributed by atoms with Gasteiger partial charge in [0.2, 0.25) is 0 Å². The number of nitrogens with zero attached hydrogens (tertiary/aromatic N) is 14. The lowest BCUT2D eigenvalue weighted by Gasteiger charge is -2.48. The molecule has 2 aliphatic heterocycles. The smallest absolute Gasteiger partial charge is 0.404 e. The Kier molecular flexibility index (Phi) is 32.6. The molecule has 2 aromatic carbocycles. The SMILES string of the molecule is CCc1c2c(n([C@@H]3O[C@H](CN(C(C)C)C4CC(C(C)C(C)c5nc6ccc(C(C)(C)C)cc6n5C)C4)[C@@H](O)[C@H]3O)c[n+]2[O-])[n+]([O-])c[n+]1[O-].CCc1c2c(n([C@@H]3O[C@H](CN(C(C)C)C4CC(C(C)C(C)c5nc6ccc(C(C)(C)C)cc6n5C)C4)[C@@H](O)[C@H]3O)c[n+]2[O-])[n+]([O-])c[n+]1[O-].CO.CO.CO.CO.CO.CO. The summed E-state index contributed by atoms with van der Waals surface area (Å²) in [7, 11) is 10.2. The van der Waals surface area contributed by atoms with Gasteiger partial charge in [-0.25, -0.2) is 19.4 Å². The molecule has 8 aromatic rings. The van der Waals surface area contributed by atoms with Gasteiger partial charge < -0.3 is 101 Å². The molecular weight excluding hydrogens is 1400 g/mol. The Morgan fingerprint density at radius 2 is 0.778 bits per heavy atom. The highest BCUT2D eigenvalue weighted by Gasteiger charge is 2.54. The number of aliphatic hydroxyl groups excluding tert-OH is 10. The van der Waals surface area contributed by atoms with Crippen LogP contribution < -0.4 is 28.4 Å². The molecular formula is C76H126N14O18. The molecule has 32 heteroatoms. The van der Waals surface area contributed by atoms with E-state index in [-0.39, 0.29) is 93.4 Å². The highest BCUT2D eigenvalue weighted by molar-refractivity contribution is 5.78. The standard InChI is InChI=1S/2C35H51N7O6.6CH4O/c2*1-10-26-29-33(42(47)18-40(26)45)39(17-41(29)46)34-31(44)30(43)28(48-34)16-38(19(2)3)24-13-22(14-24)20(4)21(5)32-36-25-12-11-23(35(6,7)8)15-27(25)37(32)9;6*1-2/h2*11-12,15,17-22,24,28,30-31,34,43-44H,10,13-14,16H2,1-9H3;6*2H,1H3/t2*20?,21?,22?,24?,28-,30-,31-,34-;;;;;;/m11....../s1. The van der Waals surface area contributed by atoms with Crippen molar-refractivity contribution in [1.29, 1.82) is 0 Å². The number of fused-ring (bicyclic) bond motifs is 4. The van der Waals surface area contributed by atoms with Crippen molar-refractivity contribution in [3.63, 3.8) is 0 Å². The first-order valence-electron chi connectivity index (χ1n) is 37.2. The average Bonchev–Trinajstić information content (AvgIpc) is 1.60. The molecule has 0 spiro atoms. The Morgan fingerprint density at radius 3 is 1.06 bits per heavy atom. The minimum atomic E-state index is -1.38. The van der Waals surface area contributed by atoms with Crippen molar-refractivity contribution in [1.82, 2.24) is 38.0 Å². The van der Waals surface area contributed by atoms with Crippen LogP contribution in [0.5, 0.6) is 0 Å². The Balaban J connectivity index is 0.000000340. The molecule has 608 valence electrons. The molecule has 0 radical (unpaired) electrons. The zero-order chi connectivity index (χ0) is 82.0. The number of benzene rings is 2. The van der Waals surface area contributed by atoms with E-state index >= 15 is 0 Å². The molecule has 4 unspecified atom stereocenters. The van der Waals surface area contributed by atoms with Crippen LogP contribution in [-0.4, -0.2) is 206 Å². The maximum atomic E-state index is 12.8. The van der Waals surface area contributed by atoms with E-state index in [1.54, 1.807) is 13.8 Å². The van der Waals surface area contributed by atoms with Crippen molar-refractivity contribution in [2.45, 2.75) is 245 Å². The van der Waals surface area contributed by atoms with Crippen LogP contribution in [0.2, 0.25) is 0 Å². The largest absolute Gasteiger partial charge is 0.710 e. The molecule has 32 nitrogen and oxygen atoms in total. The number of imidazole rings is 4. The van der Waals surface area contributed by atoms with Crippen LogP contribution in [0.25, 0.3) is 44.4 Å². The number of rotatable bonds is 18. The van der Waals surface area contributed by atoms with Crippen molar-refractivity contribution in [2.75, 3.05) is 55.7 Å². The van der Waals surface area contributed by atoms with E-state index in [0.29, 0.717) is 65.1 Å². The molecule has 0 amide bonds. The zero-order valence-electron chi connectivity index (χ0n) is 67.8. The number of aryl methyl sites for hydroxylation is 4. The number of hydrogen-bond acceptors (Lipinski definition) is 22. The zero-order valence-corrected chi connectivity index (χ0v) is 67.8. The fourth-order valence-electron chi connectivity index (χ4n) is 15.8. The predicted octanol–water partition coefficient (Wildman–Crippen LogP) is 3.32. The highest BCUT2D eigenvalue weighted by Crippen LogP contribution is 2.47. The Labute approximate surface area is 634 Å². The fraction of sp³-hybridized carbons (Fsp3) is 0.684. The summed E-state index contributed by atoms with van der Waals surface area (Å²) in [6.45, 7) is 35.2. The van der Waals surface area contributed by atoms with E-state index in [1.807, 2.05) is 0 Å². The van der Waals surface area contributed by atoms with Gasteiger partial charge in [0.05, 0.1) is 22.1 Å². The second-order valence-electron chi connectivity index (χ2n) is 30.9. The molecule has 4 aliphatic rings. The van der Waals surface area contributed by atoms with E-state index in [0.717, 1.165) is 127 Å². The lowest BCUT2D eigenvalue weighted by Crippen LogP contribution is -2.53. The first kappa shape index (κ1) is 91.3. The van der Waals surface area contributed by atoms with Gasteiger partial charge in [-0.15, -0.1) is 18.6 Å². The summed E-state index contributed by atoms with van der Waals surface area (Å²) in [5.41, 5.74) is 6.98. The first-order chi connectivity index (χ1) is 51.1. The first-order valence-corrected chi connectivity index (χ1v) is 37.2. The Bertz CT molecular complexity index is 3900. The van der Waals surface area contributed by atoms with Gasteiger partial charge in [0, 0.05) is 119 Å². The van der Waals surface area contributed by atoms with E-state index in [1.165, 1.54) is 20.3 Å².